The van der Waals surface area contributed by atoms with Crippen molar-refractivity contribution in [3.8, 4) is 0 Å². The van der Waals surface area contributed by atoms with Crippen molar-refractivity contribution in [2.24, 2.45) is 0 Å². The van der Waals surface area contributed by atoms with Crippen LogP contribution < -0.4 is 16.0 Å². The van der Waals surface area contributed by atoms with Crippen molar-refractivity contribution in [3.63, 3.8) is 0 Å². The molecule has 1 heterocycles. The Labute approximate surface area is 182 Å². The number of carbonyl (C=O) groups excluding carboxylic acids is 3. The fourth-order valence-corrected chi connectivity index (χ4v) is 3.38. The van der Waals surface area contributed by atoms with Crippen LogP contribution in [0, 0.1) is 0 Å². The summed E-state index contributed by atoms with van der Waals surface area (Å²) in [6.07, 6.45) is 2.15. The molecule has 3 N–H and O–H groups in total. The Morgan fingerprint density at radius 3 is 2.19 bits per heavy atom. The number of benzene rings is 2. The van der Waals surface area contributed by atoms with E-state index in [9.17, 15) is 14.4 Å². The Bertz CT molecular complexity index is 897. The molecule has 164 valence electrons. The lowest BCUT2D eigenvalue weighted by molar-refractivity contribution is -0.116. The zero-order valence-corrected chi connectivity index (χ0v) is 17.8. The third-order valence-corrected chi connectivity index (χ3v) is 5.07. The van der Waals surface area contributed by atoms with Gasteiger partial charge in [-0.1, -0.05) is 42.5 Å². The van der Waals surface area contributed by atoms with Gasteiger partial charge in [0.2, 0.25) is 5.91 Å². The van der Waals surface area contributed by atoms with E-state index in [0.717, 1.165) is 31.5 Å². The quantitative estimate of drug-likeness (QED) is 0.636. The van der Waals surface area contributed by atoms with E-state index in [2.05, 4.69) is 16.0 Å². The molecule has 1 aliphatic heterocycles. The normalized spacial score (nSPS) is 12.9. The molecule has 8 nitrogen and oxygen atoms in total. The van der Waals surface area contributed by atoms with E-state index in [0.29, 0.717) is 17.9 Å². The van der Waals surface area contributed by atoms with Gasteiger partial charge in [0.05, 0.1) is 11.4 Å². The smallest absolute Gasteiger partial charge is 0.321 e. The summed E-state index contributed by atoms with van der Waals surface area (Å²) >= 11 is 0. The summed E-state index contributed by atoms with van der Waals surface area (Å²) < 4.78 is 0. The maximum atomic E-state index is 12.3. The highest BCUT2D eigenvalue weighted by Gasteiger charge is 2.19. The van der Waals surface area contributed by atoms with Gasteiger partial charge in [-0.2, -0.15) is 0 Å². The first-order valence-corrected chi connectivity index (χ1v) is 10.5. The van der Waals surface area contributed by atoms with Gasteiger partial charge in [-0.25, -0.2) is 9.59 Å². The molecule has 0 unspecified atom stereocenters. The number of para-hydroxylation sites is 2. The molecule has 2 aromatic carbocycles. The number of nitrogens with one attached hydrogen (secondary N) is 3. The molecule has 2 aromatic rings. The molecule has 8 heteroatoms. The SMILES string of the molecule is CN(Cc1ccccc1)C(=O)NCCC(=O)Nc1ccccc1NC(=O)N1CCCC1. The van der Waals surface area contributed by atoms with Crippen LogP contribution in [0.1, 0.15) is 24.8 Å². The Morgan fingerprint density at radius 2 is 1.52 bits per heavy atom. The predicted molar refractivity (Wildman–Crippen MR) is 121 cm³/mol. The maximum Gasteiger partial charge on any atom is 0.321 e. The van der Waals surface area contributed by atoms with E-state index in [1.807, 2.05) is 30.3 Å². The number of anilines is 2. The Kier molecular flexibility index (Phi) is 7.86. The Hall–Kier alpha value is -3.55. The van der Waals surface area contributed by atoms with Gasteiger partial charge in [0.25, 0.3) is 0 Å². The molecule has 0 atom stereocenters. The van der Waals surface area contributed by atoms with Crippen LogP contribution in [-0.4, -0.2) is 54.5 Å². The zero-order valence-electron chi connectivity index (χ0n) is 17.8. The second-order valence-corrected chi connectivity index (χ2v) is 7.54. The summed E-state index contributed by atoms with van der Waals surface area (Å²) in [7, 11) is 1.71. The number of rotatable bonds is 7. The van der Waals surface area contributed by atoms with Gasteiger partial charge in [-0.3, -0.25) is 4.79 Å². The third kappa shape index (κ3) is 6.74. The molecule has 0 spiro atoms. The molecular formula is C23H29N5O3. The molecule has 0 radical (unpaired) electrons. The fraction of sp³-hybridized carbons (Fsp3) is 0.348. The first-order chi connectivity index (χ1) is 15.0. The zero-order chi connectivity index (χ0) is 22.1. The van der Waals surface area contributed by atoms with E-state index in [4.69, 9.17) is 0 Å². The predicted octanol–water partition coefficient (Wildman–Crippen LogP) is 3.48. The number of nitrogens with zero attached hydrogens (tertiary/aromatic N) is 2. The van der Waals surface area contributed by atoms with E-state index < -0.39 is 0 Å². The van der Waals surface area contributed by atoms with Crippen LogP contribution >= 0.6 is 0 Å². The molecule has 1 aliphatic rings. The Balaban J connectivity index is 1.44. The van der Waals surface area contributed by atoms with Gasteiger partial charge in [-0.05, 0) is 30.5 Å². The summed E-state index contributed by atoms with van der Waals surface area (Å²) in [6, 6.07) is 16.4. The number of amides is 5. The van der Waals surface area contributed by atoms with Crippen LogP contribution in [-0.2, 0) is 11.3 Å². The van der Waals surface area contributed by atoms with Crippen molar-refractivity contribution < 1.29 is 14.4 Å². The molecule has 0 saturated carbocycles. The van der Waals surface area contributed by atoms with Gasteiger partial charge in [-0.15, -0.1) is 0 Å². The van der Waals surface area contributed by atoms with Gasteiger partial charge >= 0.3 is 12.1 Å². The number of urea groups is 2. The fourth-order valence-electron chi connectivity index (χ4n) is 3.38. The van der Waals surface area contributed by atoms with Gasteiger partial charge in [0.1, 0.15) is 0 Å². The van der Waals surface area contributed by atoms with Crippen molar-refractivity contribution in [2.75, 3.05) is 37.3 Å². The van der Waals surface area contributed by atoms with Crippen molar-refractivity contribution >= 4 is 29.3 Å². The molecule has 1 saturated heterocycles. The van der Waals surface area contributed by atoms with E-state index in [1.165, 1.54) is 0 Å². The first kappa shape index (κ1) is 22.1. The van der Waals surface area contributed by atoms with E-state index >= 15 is 0 Å². The van der Waals surface area contributed by atoms with Crippen LogP contribution in [0.15, 0.2) is 54.6 Å². The molecular weight excluding hydrogens is 394 g/mol. The monoisotopic (exact) mass is 423 g/mol. The van der Waals surface area contributed by atoms with E-state index in [1.54, 1.807) is 41.1 Å². The van der Waals surface area contributed by atoms with Crippen molar-refractivity contribution in [1.29, 1.82) is 0 Å². The largest absolute Gasteiger partial charge is 0.337 e. The highest BCUT2D eigenvalue weighted by atomic mass is 16.2. The van der Waals surface area contributed by atoms with Crippen molar-refractivity contribution in [2.45, 2.75) is 25.8 Å². The van der Waals surface area contributed by atoms with Crippen molar-refractivity contribution in [3.05, 3.63) is 60.2 Å². The minimum Gasteiger partial charge on any atom is -0.337 e. The summed E-state index contributed by atoms with van der Waals surface area (Å²) in [4.78, 5) is 40.2. The number of hydrogen-bond acceptors (Lipinski definition) is 3. The lowest BCUT2D eigenvalue weighted by Gasteiger charge is -2.19. The first-order valence-electron chi connectivity index (χ1n) is 10.5. The molecule has 31 heavy (non-hydrogen) atoms. The molecule has 3 rings (SSSR count). The highest BCUT2D eigenvalue weighted by molar-refractivity contribution is 5.99. The maximum absolute atomic E-state index is 12.3. The summed E-state index contributed by atoms with van der Waals surface area (Å²) in [6.45, 7) is 2.20. The summed E-state index contributed by atoms with van der Waals surface area (Å²) in [5.41, 5.74) is 2.12. The highest BCUT2D eigenvalue weighted by Crippen LogP contribution is 2.22. The van der Waals surface area contributed by atoms with Crippen LogP contribution in [0.25, 0.3) is 0 Å². The number of hydrogen-bond donors (Lipinski definition) is 3. The molecule has 0 aromatic heterocycles. The van der Waals surface area contributed by atoms with E-state index in [-0.39, 0.29) is 30.9 Å². The van der Waals surface area contributed by atoms with Gasteiger partial charge in [0.15, 0.2) is 0 Å². The standard InChI is InChI=1S/C23H29N5O3/c1-27(17-18-9-3-2-4-10-18)22(30)24-14-13-21(29)25-19-11-5-6-12-20(19)26-23(31)28-15-7-8-16-28/h2-6,9-12H,7-8,13-17H2,1H3,(H,24,30)(H,25,29)(H,26,31). The van der Waals surface area contributed by atoms with Gasteiger partial charge < -0.3 is 25.8 Å². The lowest BCUT2D eigenvalue weighted by atomic mass is 10.2. The lowest BCUT2D eigenvalue weighted by Crippen LogP contribution is -2.38. The molecule has 0 aliphatic carbocycles. The van der Waals surface area contributed by atoms with Gasteiger partial charge in [0, 0.05) is 39.6 Å². The van der Waals surface area contributed by atoms with Crippen LogP contribution in [0.3, 0.4) is 0 Å². The summed E-state index contributed by atoms with van der Waals surface area (Å²) in [5, 5.41) is 8.43. The van der Waals surface area contributed by atoms with Crippen molar-refractivity contribution in [1.82, 2.24) is 15.1 Å². The molecule has 5 amide bonds. The average Bonchev–Trinajstić information content (AvgIpc) is 3.31. The van der Waals surface area contributed by atoms with Crippen LogP contribution in [0.5, 0.6) is 0 Å². The second kappa shape index (κ2) is 11.0. The molecule has 1 fully saturated rings. The topological polar surface area (TPSA) is 93.8 Å². The average molecular weight is 424 g/mol. The third-order valence-electron chi connectivity index (χ3n) is 5.07. The molecule has 0 bridgehead atoms. The summed E-state index contributed by atoms with van der Waals surface area (Å²) in [5.74, 6) is -0.242. The minimum absolute atomic E-state index is 0.124. The van der Waals surface area contributed by atoms with Crippen LogP contribution in [0.4, 0.5) is 21.0 Å². The second-order valence-electron chi connectivity index (χ2n) is 7.54. The number of carbonyl (C=O) groups is 3. The Morgan fingerprint density at radius 1 is 0.903 bits per heavy atom. The number of likely N-dealkylation sites (tertiary alicyclic amines) is 1. The van der Waals surface area contributed by atoms with Crippen LogP contribution in [0.2, 0.25) is 0 Å². The minimum atomic E-state index is -0.242.